The molecule has 9 nitrogen and oxygen atoms in total. The number of benzene rings is 3. The topological polar surface area (TPSA) is 126 Å². The Hall–Kier alpha value is -4.02. The molecule has 0 aliphatic heterocycles. The van der Waals surface area contributed by atoms with Crippen LogP contribution in [0.2, 0.25) is 0 Å². The number of nitrogens with one attached hydrogen (secondary N) is 3. The van der Waals surface area contributed by atoms with E-state index in [0.717, 1.165) is 11.1 Å². The molecule has 0 aromatic heterocycles. The van der Waals surface area contributed by atoms with Crippen LogP contribution in [-0.2, 0) is 19.6 Å². The Labute approximate surface area is 229 Å². The maximum atomic E-state index is 12.8. The Balaban J connectivity index is 1.53. The average molecular weight is 551 g/mol. The molecule has 39 heavy (non-hydrogen) atoms. The van der Waals surface area contributed by atoms with Gasteiger partial charge in [0.1, 0.15) is 11.8 Å². The minimum atomic E-state index is -3.89. The fourth-order valence-corrected chi connectivity index (χ4v) is 4.74. The molecule has 0 radical (unpaired) electrons. The van der Waals surface area contributed by atoms with Gasteiger partial charge in [-0.1, -0.05) is 49.2 Å². The normalized spacial score (nSPS) is 12.3. The van der Waals surface area contributed by atoms with Crippen molar-refractivity contribution >= 4 is 33.7 Å². The number of nitrogens with zero attached hydrogens (tertiary/aromatic N) is 1. The van der Waals surface area contributed by atoms with Crippen molar-refractivity contribution in [3.63, 3.8) is 0 Å². The quantitative estimate of drug-likeness (QED) is 0.231. The first-order valence-electron chi connectivity index (χ1n) is 12.5. The van der Waals surface area contributed by atoms with Crippen molar-refractivity contribution in [2.75, 3.05) is 11.9 Å². The highest BCUT2D eigenvalue weighted by Crippen LogP contribution is 2.14. The second kappa shape index (κ2) is 13.7. The lowest BCUT2D eigenvalue weighted by Crippen LogP contribution is -2.46. The monoisotopic (exact) mass is 550 g/mol. The molecule has 0 spiro atoms. The van der Waals surface area contributed by atoms with Gasteiger partial charge < -0.3 is 10.1 Å². The SMILES string of the molecule is Cc1ccc(NC(=O)COc2ccc(/C=N\NC(=O)[C@H](CC(C)C)NS(=O)(=O)c3ccc(C)cc3)cc2)cc1. The van der Waals surface area contributed by atoms with Gasteiger partial charge in [-0.15, -0.1) is 0 Å². The zero-order chi connectivity index (χ0) is 28.4. The number of carbonyl (C=O) groups excluding carboxylic acids is 2. The van der Waals surface area contributed by atoms with Gasteiger partial charge in [0.25, 0.3) is 11.8 Å². The average Bonchev–Trinajstić information content (AvgIpc) is 2.89. The standard InChI is InChI=1S/C29H34N4O5S/c1-20(2)17-27(33-39(36,37)26-15-7-22(4)8-16-26)29(35)32-30-18-23-9-13-25(14-10-23)38-19-28(34)31-24-11-5-21(3)6-12-24/h5-16,18,20,27,33H,17,19H2,1-4H3,(H,31,34)(H,32,35)/b30-18-/t27-/m0/s1. The molecule has 3 aromatic carbocycles. The van der Waals surface area contributed by atoms with Gasteiger partial charge in [-0.2, -0.15) is 9.82 Å². The number of amides is 2. The number of hydrogen-bond donors (Lipinski definition) is 3. The van der Waals surface area contributed by atoms with Crippen LogP contribution in [0.15, 0.2) is 82.8 Å². The van der Waals surface area contributed by atoms with Gasteiger partial charge in [-0.3, -0.25) is 9.59 Å². The minimum Gasteiger partial charge on any atom is -0.484 e. The molecule has 0 unspecified atom stereocenters. The van der Waals surface area contributed by atoms with E-state index in [-0.39, 0.29) is 23.3 Å². The lowest BCUT2D eigenvalue weighted by atomic mass is 10.0. The van der Waals surface area contributed by atoms with Gasteiger partial charge >= 0.3 is 0 Å². The number of anilines is 1. The van der Waals surface area contributed by atoms with Crippen LogP contribution in [0.5, 0.6) is 5.75 Å². The van der Waals surface area contributed by atoms with Gasteiger partial charge in [0, 0.05) is 5.69 Å². The molecule has 1 atom stereocenters. The van der Waals surface area contributed by atoms with Gasteiger partial charge in [0.2, 0.25) is 10.0 Å². The first kappa shape index (κ1) is 29.5. The molecular formula is C29H34N4O5S. The molecule has 0 fully saturated rings. The molecule has 3 N–H and O–H groups in total. The maximum Gasteiger partial charge on any atom is 0.262 e. The third-order valence-corrected chi connectivity index (χ3v) is 7.11. The van der Waals surface area contributed by atoms with E-state index in [1.165, 1.54) is 18.3 Å². The van der Waals surface area contributed by atoms with Crippen molar-refractivity contribution in [2.24, 2.45) is 11.0 Å². The van der Waals surface area contributed by atoms with E-state index >= 15 is 0 Å². The van der Waals surface area contributed by atoms with Crippen LogP contribution in [0.1, 0.15) is 37.0 Å². The highest BCUT2D eigenvalue weighted by Gasteiger charge is 2.26. The molecule has 2 amide bonds. The Morgan fingerprint density at radius 1 is 0.897 bits per heavy atom. The van der Waals surface area contributed by atoms with Crippen molar-refractivity contribution in [3.05, 3.63) is 89.5 Å². The first-order chi connectivity index (χ1) is 18.5. The van der Waals surface area contributed by atoms with Crippen LogP contribution in [0.4, 0.5) is 5.69 Å². The van der Waals surface area contributed by atoms with Crippen LogP contribution in [0.25, 0.3) is 0 Å². The predicted octanol–water partition coefficient (Wildman–Crippen LogP) is 4.16. The third kappa shape index (κ3) is 9.66. The summed E-state index contributed by atoms with van der Waals surface area (Å²) in [6.45, 7) is 7.49. The number of ether oxygens (including phenoxy) is 1. The highest BCUT2D eigenvalue weighted by molar-refractivity contribution is 7.89. The van der Waals surface area contributed by atoms with Crippen molar-refractivity contribution in [1.82, 2.24) is 10.1 Å². The second-order valence-corrected chi connectivity index (χ2v) is 11.3. The first-order valence-corrected chi connectivity index (χ1v) is 14.0. The lowest BCUT2D eigenvalue weighted by molar-refractivity contribution is -0.123. The Bertz CT molecular complexity index is 1390. The molecule has 10 heteroatoms. The van der Waals surface area contributed by atoms with Gasteiger partial charge in [-0.05, 0) is 80.3 Å². The van der Waals surface area contributed by atoms with E-state index in [4.69, 9.17) is 4.74 Å². The van der Waals surface area contributed by atoms with E-state index in [1.807, 2.05) is 52.0 Å². The van der Waals surface area contributed by atoms with Gasteiger partial charge in [-0.25, -0.2) is 13.8 Å². The van der Waals surface area contributed by atoms with Crippen molar-refractivity contribution in [3.8, 4) is 5.75 Å². The van der Waals surface area contributed by atoms with E-state index < -0.39 is 22.0 Å². The summed E-state index contributed by atoms with van der Waals surface area (Å²) in [7, 11) is -3.89. The van der Waals surface area contributed by atoms with Crippen LogP contribution in [0, 0.1) is 19.8 Å². The van der Waals surface area contributed by atoms with E-state index in [2.05, 4.69) is 20.6 Å². The molecule has 0 saturated heterocycles. The van der Waals surface area contributed by atoms with Crippen LogP contribution in [-0.4, -0.2) is 39.1 Å². The van der Waals surface area contributed by atoms with Crippen molar-refractivity contribution in [1.29, 1.82) is 0 Å². The zero-order valence-corrected chi connectivity index (χ0v) is 23.3. The highest BCUT2D eigenvalue weighted by atomic mass is 32.2. The Morgan fingerprint density at radius 3 is 2.08 bits per heavy atom. The summed E-state index contributed by atoms with van der Waals surface area (Å²) in [5.74, 6) is -0.272. The number of rotatable bonds is 12. The summed E-state index contributed by atoms with van der Waals surface area (Å²) in [4.78, 5) is 25.0. The van der Waals surface area contributed by atoms with Crippen molar-refractivity contribution < 1.29 is 22.7 Å². The largest absolute Gasteiger partial charge is 0.484 e. The molecule has 0 heterocycles. The minimum absolute atomic E-state index is 0.0666. The second-order valence-electron chi connectivity index (χ2n) is 9.62. The third-order valence-electron chi connectivity index (χ3n) is 5.63. The zero-order valence-electron chi connectivity index (χ0n) is 22.5. The van der Waals surface area contributed by atoms with E-state index in [1.54, 1.807) is 36.4 Å². The molecule has 0 saturated carbocycles. The summed E-state index contributed by atoms with van der Waals surface area (Å²) in [6, 6.07) is 19.7. The van der Waals surface area contributed by atoms with Crippen LogP contribution < -0.4 is 20.2 Å². The fraction of sp³-hybridized carbons (Fsp3) is 0.276. The van der Waals surface area contributed by atoms with Gasteiger partial charge in [0.15, 0.2) is 6.61 Å². The summed E-state index contributed by atoms with van der Waals surface area (Å²) in [5.41, 5.74) is 5.83. The van der Waals surface area contributed by atoms with E-state index in [0.29, 0.717) is 23.4 Å². The molecule has 3 aromatic rings. The molecule has 0 aliphatic carbocycles. The number of aryl methyl sites for hydroxylation is 2. The number of hydrogen-bond acceptors (Lipinski definition) is 6. The number of hydrazone groups is 1. The van der Waals surface area contributed by atoms with Crippen LogP contribution in [0.3, 0.4) is 0 Å². The Morgan fingerprint density at radius 2 is 1.49 bits per heavy atom. The summed E-state index contributed by atoms with van der Waals surface area (Å²) < 4.78 is 33.6. The molecule has 3 rings (SSSR count). The Kier molecular flexibility index (Phi) is 10.4. The lowest BCUT2D eigenvalue weighted by Gasteiger charge is -2.19. The molecule has 206 valence electrons. The maximum absolute atomic E-state index is 12.8. The van der Waals surface area contributed by atoms with Crippen LogP contribution >= 0.6 is 0 Å². The van der Waals surface area contributed by atoms with Gasteiger partial charge in [0.05, 0.1) is 11.1 Å². The number of carbonyl (C=O) groups is 2. The molecule has 0 bridgehead atoms. The van der Waals surface area contributed by atoms with E-state index in [9.17, 15) is 18.0 Å². The molecule has 0 aliphatic rings. The summed E-state index contributed by atoms with van der Waals surface area (Å²) in [5, 5.41) is 6.74. The number of sulfonamides is 1. The fourth-order valence-electron chi connectivity index (χ4n) is 3.53. The summed E-state index contributed by atoms with van der Waals surface area (Å²) in [6.07, 6.45) is 1.74. The van der Waals surface area contributed by atoms with Crippen molar-refractivity contribution in [2.45, 2.75) is 45.1 Å². The predicted molar refractivity (Wildman–Crippen MR) is 152 cm³/mol. The smallest absolute Gasteiger partial charge is 0.262 e. The molecular weight excluding hydrogens is 516 g/mol. The summed E-state index contributed by atoms with van der Waals surface area (Å²) >= 11 is 0.